The van der Waals surface area contributed by atoms with Crippen LogP contribution in [0.15, 0.2) is 12.2 Å². The standard InChI is InChI=1S/C12H19NO3/c1-9(2)13-12(15)16-11-7-3-5-10(14)6-4-8-11/h3,7,9,11H,4-6,8H2,1-2H3,(H,13,15)/b7-3+. The van der Waals surface area contributed by atoms with Crippen LogP contribution in [-0.4, -0.2) is 24.0 Å². The molecule has 90 valence electrons. The van der Waals surface area contributed by atoms with Gasteiger partial charge in [0.15, 0.2) is 0 Å². The van der Waals surface area contributed by atoms with Crippen molar-refractivity contribution in [3.63, 3.8) is 0 Å². The van der Waals surface area contributed by atoms with Crippen molar-refractivity contribution < 1.29 is 14.3 Å². The predicted molar refractivity (Wildman–Crippen MR) is 61.2 cm³/mol. The molecule has 4 nitrogen and oxygen atoms in total. The first-order valence-corrected chi connectivity index (χ1v) is 5.73. The van der Waals surface area contributed by atoms with Gasteiger partial charge in [-0.05, 0) is 32.8 Å². The number of rotatable bonds is 2. The monoisotopic (exact) mass is 225 g/mol. The molecule has 1 N–H and O–H groups in total. The van der Waals surface area contributed by atoms with E-state index in [1.807, 2.05) is 13.8 Å². The molecule has 4 heteroatoms. The first-order valence-electron chi connectivity index (χ1n) is 5.73. The van der Waals surface area contributed by atoms with E-state index < -0.39 is 6.09 Å². The van der Waals surface area contributed by atoms with Crippen molar-refractivity contribution in [1.29, 1.82) is 0 Å². The lowest BCUT2D eigenvalue weighted by molar-refractivity contribution is -0.118. The second-order valence-electron chi connectivity index (χ2n) is 4.31. The van der Waals surface area contributed by atoms with Gasteiger partial charge in [-0.2, -0.15) is 0 Å². The van der Waals surface area contributed by atoms with E-state index in [9.17, 15) is 9.59 Å². The van der Waals surface area contributed by atoms with Crippen LogP contribution >= 0.6 is 0 Å². The molecule has 16 heavy (non-hydrogen) atoms. The Bertz CT molecular complexity index is 284. The van der Waals surface area contributed by atoms with Crippen LogP contribution in [0.3, 0.4) is 0 Å². The summed E-state index contributed by atoms with van der Waals surface area (Å²) in [6.45, 7) is 3.77. The molecule has 1 atom stereocenters. The molecule has 1 rings (SSSR count). The maximum atomic E-state index is 11.4. The van der Waals surface area contributed by atoms with Gasteiger partial charge in [-0.3, -0.25) is 4.79 Å². The maximum Gasteiger partial charge on any atom is 0.407 e. The van der Waals surface area contributed by atoms with Gasteiger partial charge in [-0.15, -0.1) is 0 Å². The quantitative estimate of drug-likeness (QED) is 0.733. The second kappa shape index (κ2) is 6.30. The number of hydrogen-bond donors (Lipinski definition) is 1. The molecule has 1 unspecified atom stereocenters. The molecule has 0 spiro atoms. The summed E-state index contributed by atoms with van der Waals surface area (Å²) in [4.78, 5) is 22.5. The Morgan fingerprint density at radius 3 is 3.00 bits per heavy atom. The number of ketones is 1. The molecule has 1 aliphatic rings. The average molecular weight is 225 g/mol. The predicted octanol–water partition coefficient (Wildman–Crippen LogP) is 2.19. The van der Waals surface area contributed by atoms with Gasteiger partial charge >= 0.3 is 6.09 Å². The first-order chi connectivity index (χ1) is 7.58. The van der Waals surface area contributed by atoms with Gasteiger partial charge in [0.05, 0.1) is 0 Å². The third-order valence-electron chi connectivity index (χ3n) is 2.31. The van der Waals surface area contributed by atoms with Gasteiger partial charge < -0.3 is 10.1 Å². The highest BCUT2D eigenvalue weighted by molar-refractivity contribution is 5.79. The van der Waals surface area contributed by atoms with Crippen molar-refractivity contribution in [2.24, 2.45) is 0 Å². The van der Waals surface area contributed by atoms with E-state index in [2.05, 4.69) is 5.32 Å². The molecule has 0 heterocycles. The highest BCUT2D eigenvalue weighted by Crippen LogP contribution is 2.12. The zero-order chi connectivity index (χ0) is 12.0. The number of Topliss-reactive ketones (excluding diaryl/α,β-unsaturated/α-hetero) is 1. The van der Waals surface area contributed by atoms with Crippen LogP contribution in [0.25, 0.3) is 0 Å². The minimum Gasteiger partial charge on any atom is -0.442 e. The molecule has 0 aromatic rings. The zero-order valence-electron chi connectivity index (χ0n) is 9.86. The molecular formula is C12H19NO3. The van der Waals surface area contributed by atoms with E-state index in [1.165, 1.54) is 0 Å². The Morgan fingerprint density at radius 1 is 1.56 bits per heavy atom. The fourth-order valence-electron chi connectivity index (χ4n) is 1.56. The third kappa shape index (κ3) is 4.96. The van der Waals surface area contributed by atoms with Gasteiger partial charge in [0.2, 0.25) is 0 Å². The van der Waals surface area contributed by atoms with Gasteiger partial charge in [0.1, 0.15) is 11.9 Å². The molecule has 0 radical (unpaired) electrons. The van der Waals surface area contributed by atoms with E-state index in [1.54, 1.807) is 12.2 Å². The first kappa shape index (κ1) is 12.7. The van der Waals surface area contributed by atoms with Gasteiger partial charge in [-0.1, -0.05) is 6.08 Å². The summed E-state index contributed by atoms with van der Waals surface area (Å²) >= 11 is 0. The molecule has 0 bridgehead atoms. The third-order valence-corrected chi connectivity index (χ3v) is 2.31. The molecule has 0 aromatic heterocycles. The lowest BCUT2D eigenvalue weighted by Gasteiger charge is -2.17. The second-order valence-corrected chi connectivity index (χ2v) is 4.31. The van der Waals surface area contributed by atoms with Crippen LogP contribution in [0.5, 0.6) is 0 Å². The molecule has 0 fully saturated rings. The van der Waals surface area contributed by atoms with Crippen molar-refractivity contribution in [1.82, 2.24) is 5.32 Å². The molecule has 1 amide bonds. The van der Waals surface area contributed by atoms with Crippen LogP contribution < -0.4 is 5.32 Å². The number of amides is 1. The number of ether oxygens (including phenoxy) is 1. The largest absolute Gasteiger partial charge is 0.442 e. The number of allylic oxidation sites excluding steroid dienone is 1. The average Bonchev–Trinajstić information content (AvgIpc) is 2.12. The van der Waals surface area contributed by atoms with Crippen LogP contribution in [0, 0.1) is 0 Å². The molecule has 0 aliphatic heterocycles. The summed E-state index contributed by atoms with van der Waals surface area (Å²) in [5.41, 5.74) is 0. The van der Waals surface area contributed by atoms with Crippen LogP contribution in [0.1, 0.15) is 39.5 Å². The number of hydrogen-bond acceptors (Lipinski definition) is 3. The van der Waals surface area contributed by atoms with Crippen molar-refractivity contribution in [2.45, 2.75) is 51.7 Å². The molecular weight excluding hydrogens is 206 g/mol. The van der Waals surface area contributed by atoms with Gasteiger partial charge in [-0.25, -0.2) is 4.79 Å². The fraction of sp³-hybridized carbons (Fsp3) is 0.667. The van der Waals surface area contributed by atoms with E-state index >= 15 is 0 Å². The van der Waals surface area contributed by atoms with Gasteiger partial charge in [0.25, 0.3) is 0 Å². The van der Waals surface area contributed by atoms with Crippen molar-refractivity contribution in [3.8, 4) is 0 Å². The van der Waals surface area contributed by atoms with Crippen molar-refractivity contribution in [3.05, 3.63) is 12.2 Å². The highest BCUT2D eigenvalue weighted by atomic mass is 16.6. The topological polar surface area (TPSA) is 55.4 Å². The van der Waals surface area contributed by atoms with E-state index in [0.717, 1.165) is 6.42 Å². The SMILES string of the molecule is CC(C)NC(=O)OC1/C=C/CC(=O)CCC1. The zero-order valence-corrected chi connectivity index (χ0v) is 9.86. The lowest BCUT2D eigenvalue weighted by Crippen LogP contribution is -2.33. The van der Waals surface area contributed by atoms with Crippen LogP contribution in [0.2, 0.25) is 0 Å². The normalized spacial score (nSPS) is 23.4. The minimum atomic E-state index is -0.392. The molecule has 1 aliphatic carbocycles. The molecule has 0 aromatic carbocycles. The molecule has 0 saturated heterocycles. The fourth-order valence-corrected chi connectivity index (χ4v) is 1.56. The summed E-state index contributed by atoms with van der Waals surface area (Å²) in [7, 11) is 0. The summed E-state index contributed by atoms with van der Waals surface area (Å²) in [5, 5.41) is 2.67. The Morgan fingerprint density at radius 2 is 2.31 bits per heavy atom. The molecule has 0 saturated carbocycles. The number of alkyl carbamates (subject to hydrolysis) is 1. The number of carbonyl (C=O) groups excluding carboxylic acids is 2. The Balaban J connectivity index is 2.41. The number of carbonyl (C=O) groups is 2. The Kier molecular flexibility index (Phi) is 5.02. The van der Waals surface area contributed by atoms with E-state index in [0.29, 0.717) is 19.3 Å². The highest BCUT2D eigenvalue weighted by Gasteiger charge is 2.14. The summed E-state index contributed by atoms with van der Waals surface area (Å²) < 4.78 is 5.22. The van der Waals surface area contributed by atoms with Crippen molar-refractivity contribution >= 4 is 11.9 Å². The Hall–Kier alpha value is -1.32. The summed E-state index contributed by atoms with van der Waals surface area (Å²) in [5.74, 6) is 0.251. The maximum absolute atomic E-state index is 11.4. The van der Waals surface area contributed by atoms with Crippen molar-refractivity contribution in [2.75, 3.05) is 0 Å². The lowest BCUT2D eigenvalue weighted by atomic mass is 10.0. The number of nitrogens with one attached hydrogen (secondary N) is 1. The van der Waals surface area contributed by atoms with E-state index in [4.69, 9.17) is 4.74 Å². The summed E-state index contributed by atoms with van der Waals surface area (Å²) in [6.07, 6.45) is 5.52. The van der Waals surface area contributed by atoms with Gasteiger partial charge in [0, 0.05) is 18.9 Å². The van der Waals surface area contributed by atoms with Crippen LogP contribution in [-0.2, 0) is 9.53 Å². The van der Waals surface area contributed by atoms with Crippen LogP contribution in [0.4, 0.5) is 4.79 Å². The smallest absolute Gasteiger partial charge is 0.407 e. The van der Waals surface area contributed by atoms with E-state index in [-0.39, 0.29) is 17.9 Å². The minimum absolute atomic E-state index is 0.0756. The summed E-state index contributed by atoms with van der Waals surface area (Å²) in [6, 6.07) is 0.0756. The Labute approximate surface area is 96.0 Å².